The van der Waals surface area contributed by atoms with Crippen LogP contribution in [-0.4, -0.2) is 29.6 Å². The molecule has 0 radical (unpaired) electrons. The maximum absolute atomic E-state index is 3.73. The minimum Gasteiger partial charge on any atom is -0.309 e. The van der Waals surface area contributed by atoms with Crippen molar-refractivity contribution < 1.29 is 0 Å². The molecule has 2 atom stereocenters. The molecule has 2 rings (SSSR count). The molecule has 1 heterocycles. The van der Waals surface area contributed by atoms with Crippen LogP contribution in [0, 0.1) is 6.92 Å². The average Bonchev–Trinajstić information content (AvgIpc) is 2.42. The van der Waals surface area contributed by atoms with E-state index in [1.54, 1.807) is 0 Å². The van der Waals surface area contributed by atoms with Gasteiger partial charge in [-0.3, -0.25) is 4.90 Å². The number of hydrogen-bond donors (Lipinski definition) is 1. The van der Waals surface area contributed by atoms with E-state index >= 15 is 0 Å². The molecule has 1 aromatic rings. The summed E-state index contributed by atoms with van der Waals surface area (Å²) < 4.78 is 0. The van der Waals surface area contributed by atoms with Gasteiger partial charge in [-0.05, 0) is 32.3 Å². The molecule has 2 heteroatoms. The predicted octanol–water partition coefficient (Wildman–Crippen LogP) is 3.35. The van der Waals surface area contributed by atoms with E-state index in [1.807, 2.05) is 0 Å². The lowest BCUT2D eigenvalue weighted by Crippen LogP contribution is -2.62. The van der Waals surface area contributed by atoms with Crippen molar-refractivity contribution >= 4 is 0 Å². The van der Waals surface area contributed by atoms with E-state index in [-0.39, 0.29) is 5.54 Å². The largest absolute Gasteiger partial charge is 0.309 e. The van der Waals surface area contributed by atoms with E-state index < -0.39 is 0 Å². The zero-order valence-electron chi connectivity index (χ0n) is 12.9. The van der Waals surface area contributed by atoms with E-state index in [4.69, 9.17) is 0 Å². The first-order valence-electron chi connectivity index (χ1n) is 7.61. The lowest BCUT2D eigenvalue weighted by atomic mass is 9.92. The predicted molar refractivity (Wildman–Crippen MR) is 82.4 cm³/mol. The van der Waals surface area contributed by atoms with Gasteiger partial charge in [0.2, 0.25) is 0 Å². The summed E-state index contributed by atoms with van der Waals surface area (Å²) in [4.78, 5) is 2.66. The fraction of sp³-hybridized carbons (Fsp3) is 0.647. The van der Waals surface area contributed by atoms with Crippen molar-refractivity contribution in [1.29, 1.82) is 0 Å². The smallest absolute Gasteiger partial charge is 0.0278 e. The Bertz CT molecular complexity index is 398. The first-order chi connectivity index (χ1) is 9.06. The van der Waals surface area contributed by atoms with Crippen LogP contribution in [0.3, 0.4) is 0 Å². The fourth-order valence-electron chi connectivity index (χ4n) is 2.88. The zero-order chi connectivity index (χ0) is 13.9. The molecule has 0 bridgehead atoms. The van der Waals surface area contributed by atoms with Crippen molar-refractivity contribution in [1.82, 2.24) is 10.2 Å². The van der Waals surface area contributed by atoms with Gasteiger partial charge in [0.1, 0.15) is 0 Å². The van der Waals surface area contributed by atoms with Gasteiger partial charge in [-0.1, -0.05) is 43.7 Å². The van der Waals surface area contributed by atoms with E-state index in [1.165, 1.54) is 24.0 Å². The third kappa shape index (κ3) is 3.58. The molecule has 2 unspecified atom stereocenters. The summed E-state index contributed by atoms with van der Waals surface area (Å²) in [6, 6.07) is 9.65. The van der Waals surface area contributed by atoms with Gasteiger partial charge in [0.15, 0.2) is 0 Å². The molecule has 1 aromatic carbocycles. The summed E-state index contributed by atoms with van der Waals surface area (Å²) in [6.07, 6.45) is 2.41. The maximum Gasteiger partial charge on any atom is 0.0278 e. The van der Waals surface area contributed by atoms with Crippen LogP contribution in [0.15, 0.2) is 24.3 Å². The standard InChI is InChI=1S/C17H28N2/c1-5-16-11-18-17(4,6-2)13-19(16)12-15-9-7-14(3)8-10-15/h7-10,16,18H,5-6,11-13H2,1-4H3. The second kappa shape index (κ2) is 6.06. The van der Waals surface area contributed by atoms with Gasteiger partial charge in [-0.15, -0.1) is 0 Å². The molecule has 0 amide bonds. The first kappa shape index (κ1) is 14.5. The molecule has 0 aromatic heterocycles. The van der Waals surface area contributed by atoms with Gasteiger partial charge in [0.25, 0.3) is 0 Å². The van der Waals surface area contributed by atoms with Crippen molar-refractivity contribution in [3.05, 3.63) is 35.4 Å². The number of aryl methyl sites for hydroxylation is 1. The Hall–Kier alpha value is -0.860. The van der Waals surface area contributed by atoms with Gasteiger partial charge < -0.3 is 5.32 Å². The number of piperazine rings is 1. The van der Waals surface area contributed by atoms with Crippen molar-refractivity contribution in [3.63, 3.8) is 0 Å². The first-order valence-corrected chi connectivity index (χ1v) is 7.61. The molecule has 1 saturated heterocycles. The van der Waals surface area contributed by atoms with Crippen LogP contribution < -0.4 is 5.32 Å². The minimum atomic E-state index is 0.274. The Labute approximate surface area is 118 Å². The van der Waals surface area contributed by atoms with Crippen LogP contribution in [0.4, 0.5) is 0 Å². The van der Waals surface area contributed by atoms with Crippen LogP contribution >= 0.6 is 0 Å². The van der Waals surface area contributed by atoms with E-state index in [0.29, 0.717) is 6.04 Å². The lowest BCUT2D eigenvalue weighted by Gasteiger charge is -2.46. The van der Waals surface area contributed by atoms with Crippen LogP contribution in [0.1, 0.15) is 44.7 Å². The van der Waals surface area contributed by atoms with E-state index in [9.17, 15) is 0 Å². The van der Waals surface area contributed by atoms with Gasteiger partial charge in [-0.2, -0.15) is 0 Å². The third-order valence-corrected chi connectivity index (χ3v) is 4.59. The number of hydrogen-bond acceptors (Lipinski definition) is 2. The zero-order valence-corrected chi connectivity index (χ0v) is 12.9. The summed E-state index contributed by atoms with van der Waals surface area (Å²) in [5, 5.41) is 3.73. The van der Waals surface area contributed by atoms with Crippen LogP contribution in [-0.2, 0) is 6.54 Å². The monoisotopic (exact) mass is 260 g/mol. The summed E-state index contributed by atoms with van der Waals surface area (Å²) >= 11 is 0. The molecule has 106 valence electrons. The molecule has 2 nitrogen and oxygen atoms in total. The highest BCUT2D eigenvalue weighted by atomic mass is 15.2. The second-order valence-electron chi connectivity index (χ2n) is 6.25. The summed E-state index contributed by atoms with van der Waals surface area (Å²) in [5.41, 5.74) is 3.05. The third-order valence-electron chi connectivity index (χ3n) is 4.59. The van der Waals surface area contributed by atoms with Crippen molar-refractivity contribution in [2.45, 2.75) is 58.7 Å². The number of rotatable bonds is 4. The van der Waals surface area contributed by atoms with Gasteiger partial charge >= 0.3 is 0 Å². The van der Waals surface area contributed by atoms with E-state index in [2.05, 4.69) is 62.2 Å². The summed E-state index contributed by atoms with van der Waals surface area (Å²) in [5.74, 6) is 0. The molecule has 0 aliphatic carbocycles. The van der Waals surface area contributed by atoms with Gasteiger partial charge in [-0.25, -0.2) is 0 Å². The van der Waals surface area contributed by atoms with E-state index in [0.717, 1.165) is 19.6 Å². The Morgan fingerprint density at radius 2 is 1.95 bits per heavy atom. The Morgan fingerprint density at radius 1 is 1.26 bits per heavy atom. The van der Waals surface area contributed by atoms with Crippen molar-refractivity contribution in [2.24, 2.45) is 0 Å². The molecule has 0 saturated carbocycles. The molecule has 0 spiro atoms. The Balaban J connectivity index is 2.08. The molecule has 19 heavy (non-hydrogen) atoms. The fourth-order valence-corrected chi connectivity index (χ4v) is 2.88. The average molecular weight is 260 g/mol. The molecule has 1 fully saturated rings. The lowest BCUT2D eigenvalue weighted by molar-refractivity contribution is 0.0755. The van der Waals surface area contributed by atoms with Crippen molar-refractivity contribution in [3.8, 4) is 0 Å². The highest BCUT2D eigenvalue weighted by Gasteiger charge is 2.33. The van der Waals surface area contributed by atoms with Crippen molar-refractivity contribution in [2.75, 3.05) is 13.1 Å². The highest BCUT2D eigenvalue weighted by Crippen LogP contribution is 2.22. The molecule has 1 aliphatic heterocycles. The van der Waals surface area contributed by atoms with Crippen LogP contribution in [0.5, 0.6) is 0 Å². The molecule has 1 aliphatic rings. The summed E-state index contributed by atoms with van der Waals surface area (Å²) in [7, 11) is 0. The maximum atomic E-state index is 3.73. The number of nitrogens with zero attached hydrogens (tertiary/aromatic N) is 1. The molecular formula is C17H28N2. The van der Waals surface area contributed by atoms with Gasteiger partial charge in [0, 0.05) is 31.2 Å². The van der Waals surface area contributed by atoms with Gasteiger partial charge in [0.05, 0.1) is 0 Å². The SMILES string of the molecule is CCC1CNC(C)(CC)CN1Cc1ccc(C)cc1. The number of benzene rings is 1. The minimum absolute atomic E-state index is 0.274. The van der Waals surface area contributed by atoms with Crippen LogP contribution in [0.2, 0.25) is 0 Å². The van der Waals surface area contributed by atoms with Crippen LogP contribution in [0.25, 0.3) is 0 Å². The highest BCUT2D eigenvalue weighted by molar-refractivity contribution is 5.21. The summed E-state index contributed by atoms with van der Waals surface area (Å²) in [6.45, 7) is 12.4. The number of nitrogens with one attached hydrogen (secondary N) is 1. The molecule has 1 N–H and O–H groups in total. The topological polar surface area (TPSA) is 15.3 Å². The Morgan fingerprint density at radius 3 is 2.53 bits per heavy atom. The molecular weight excluding hydrogens is 232 g/mol. The normalized spacial score (nSPS) is 28.5. The Kier molecular flexibility index (Phi) is 4.64. The second-order valence-corrected chi connectivity index (χ2v) is 6.25. The quantitative estimate of drug-likeness (QED) is 0.893.